The van der Waals surface area contributed by atoms with Gasteiger partial charge >= 0.3 is 0 Å². The maximum Gasteiger partial charge on any atom is 0.279 e. The first-order valence-electron chi connectivity index (χ1n) is 7.46. The summed E-state index contributed by atoms with van der Waals surface area (Å²) in [5, 5.41) is 0.985. The van der Waals surface area contributed by atoms with Crippen molar-refractivity contribution < 1.29 is 17.9 Å². The van der Waals surface area contributed by atoms with Gasteiger partial charge in [-0.05, 0) is 12.1 Å². The SMILES string of the molecule is O=S(=O)(NCCOc1cccc2cccnc12)N1CCOCC1. The Morgan fingerprint density at radius 2 is 2.00 bits per heavy atom. The predicted molar refractivity (Wildman–Crippen MR) is 86.6 cm³/mol. The van der Waals surface area contributed by atoms with Crippen LogP contribution in [0.3, 0.4) is 0 Å². The van der Waals surface area contributed by atoms with E-state index in [1.807, 2.05) is 30.3 Å². The highest BCUT2D eigenvalue weighted by molar-refractivity contribution is 7.87. The predicted octanol–water partition coefficient (Wildman–Crippen LogP) is 0.780. The normalized spacial score (nSPS) is 16.5. The monoisotopic (exact) mass is 337 g/mol. The van der Waals surface area contributed by atoms with Gasteiger partial charge in [-0.2, -0.15) is 17.4 Å². The van der Waals surface area contributed by atoms with Gasteiger partial charge < -0.3 is 9.47 Å². The summed E-state index contributed by atoms with van der Waals surface area (Å²) in [6, 6.07) is 9.48. The van der Waals surface area contributed by atoms with Crippen molar-refractivity contribution in [2.45, 2.75) is 0 Å². The van der Waals surface area contributed by atoms with Gasteiger partial charge in [0.2, 0.25) is 0 Å². The zero-order chi connectivity index (χ0) is 16.1. The van der Waals surface area contributed by atoms with E-state index in [2.05, 4.69) is 9.71 Å². The second-order valence-electron chi connectivity index (χ2n) is 5.09. The van der Waals surface area contributed by atoms with Crippen LogP contribution in [0.1, 0.15) is 0 Å². The standard InChI is InChI=1S/C15H19N3O4S/c19-23(20,18-8-11-21-12-9-18)17-7-10-22-14-5-1-3-13-4-2-6-16-15(13)14/h1-6,17H,7-12H2. The van der Waals surface area contributed by atoms with Crippen molar-refractivity contribution in [1.82, 2.24) is 14.0 Å². The van der Waals surface area contributed by atoms with E-state index in [1.54, 1.807) is 6.20 Å². The summed E-state index contributed by atoms with van der Waals surface area (Å²) >= 11 is 0. The number of nitrogens with zero attached hydrogens (tertiary/aromatic N) is 2. The van der Waals surface area contributed by atoms with Crippen LogP contribution in [0.4, 0.5) is 0 Å². The van der Waals surface area contributed by atoms with Crippen LogP contribution < -0.4 is 9.46 Å². The van der Waals surface area contributed by atoms with E-state index in [9.17, 15) is 8.42 Å². The molecule has 0 bridgehead atoms. The summed E-state index contributed by atoms with van der Waals surface area (Å²) in [5.41, 5.74) is 0.769. The number of hydrogen-bond acceptors (Lipinski definition) is 5. The van der Waals surface area contributed by atoms with Gasteiger partial charge in [0.1, 0.15) is 17.9 Å². The zero-order valence-corrected chi connectivity index (χ0v) is 13.5. The third kappa shape index (κ3) is 3.97. The van der Waals surface area contributed by atoms with Crippen molar-refractivity contribution >= 4 is 21.1 Å². The number of rotatable bonds is 6. The third-order valence-electron chi connectivity index (χ3n) is 3.55. The molecule has 2 heterocycles. The molecule has 0 unspecified atom stereocenters. The van der Waals surface area contributed by atoms with Crippen LogP contribution in [0, 0.1) is 0 Å². The fourth-order valence-electron chi connectivity index (χ4n) is 2.40. The molecule has 124 valence electrons. The van der Waals surface area contributed by atoms with Crippen molar-refractivity contribution in [2.24, 2.45) is 0 Å². The Bertz CT molecular complexity index is 755. The lowest BCUT2D eigenvalue weighted by Gasteiger charge is -2.26. The van der Waals surface area contributed by atoms with Gasteiger partial charge in [-0.15, -0.1) is 0 Å². The molecule has 0 radical (unpaired) electrons. The molecule has 0 amide bonds. The number of ether oxygens (including phenoxy) is 2. The molecule has 1 aromatic heterocycles. The second-order valence-corrected chi connectivity index (χ2v) is 6.85. The first-order valence-corrected chi connectivity index (χ1v) is 8.90. The Balaban J connectivity index is 1.55. The van der Waals surface area contributed by atoms with Crippen LogP contribution >= 0.6 is 0 Å². The lowest BCUT2D eigenvalue weighted by molar-refractivity contribution is 0.0724. The molecule has 1 N–H and O–H groups in total. The largest absolute Gasteiger partial charge is 0.490 e. The summed E-state index contributed by atoms with van der Waals surface area (Å²) < 4.78 is 39.0. The first-order chi connectivity index (χ1) is 11.2. The van der Waals surface area contributed by atoms with Crippen LogP contribution in [0.5, 0.6) is 5.75 Å². The number of morpholine rings is 1. The summed E-state index contributed by atoms with van der Waals surface area (Å²) in [6.45, 7) is 2.05. The van der Waals surface area contributed by atoms with E-state index in [1.165, 1.54) is 4.31 Å². The molecule has 1 fully saturated rings. The van der Waals surface area contributed by atoms with E-state index in [0.29, 0.717) is 32.1 Å². The average Bonchev–Trinajstić information content (AvgIpc) is 2.59. The summed E-state index contributed by atoms with van der Waals surface area (Å²) in [6.07, 6.45) is 1.70. The number of fused-ring (bicyclic) bond motifs is 1. The molecule has 7 nitrogen and oxygen atoms in total. The van der Waals surface area contributed by atoms with Gasteiger partial charge in [0.15, 0.2) is 0 Å². The highest BCUT2D eigenvalue weighted by Gasteiger charge is 2.23. The Morgan fingerprint density at radius 3 is 2.83 bits per heavy atom. The van der Waals surface area contributed by atoms with Crippen LogP contribution in [0.15, 0.2) is 36.5 Å². The Morgan fingerprint density at radius 1 is 1.22 bits per heavy atom. The quantitative estimate of drug-likeness (QED) is 0.788. The molecule has 1 aliphatic heterocycles. The van der Waals surface area contributed by atoms with Crippen LogP contribution in [0.2, 0.25) is 0 Å². The van der Waals surface area contributed by atoms with Crippen molar-refractivity contribution in [1.29, 1.82) is 0 Å². The van der Waals surface area contributed by atoms with E-state index in [0.717, 1.165) is 10.9 Å². The van der Waals surface area contributed by atoms with Crippen molar-refractivity contribution in [3.63, 3.8) is 0 Å². The number of aromatic nitrogens is 1. The maximum atomic E-state index is 12.1. The van der Waals surface area contributed by atoms with Crippen LogP contribution in [-0.2, 0) is 14.9 Å². The number of nitrogens with one attached hydrogen (secondary N) is 1. The van der Waals surface area contributed by atoms with E-state index in [4.69, 9.17) is 9.47 Å². The van der Waals surface area contributed by atoms with Crippen molar-refractivity contribution in [2.75, 3.05) is 39.5 Å². The van der Waals surface area contributed by atoms with Crippen molar-refractivity contribution in [3.05, 3.63) is 36.5 Å². The zero-order valence-electron chi connectivity index (χ0n) is 12.6. The highest BCUT2D eigenvalue weighted by atomic mass is 32.2. The molecule has 0 spiro atoms. The van der Waals surface area contributed by atoms with E-state index in [-0.39, 0.29) is 13.2 Å². The van der Waals surface area contributed by atoms with Gasteiger partial charge in [-0.1, -0.05) is 18.2 Å². The summed E-state index contributed by atoms with van der Waals surface area (Å²) in [4.78, 5) is 4.30. The smallest absolute Gasteiger partial charge is 0.279 e. The molecule has 1 aliphatic rings. The first kappa shape index (κ1) is 16.1. The second kappa shape index (κ2) is 7.22. The molecule has 2 aromatic rings. The fourth-order valence-corrected chi connectivity index (χ4v) is 3.56. The third-order valence-corrected chi connectivity index (χ3v) is 5.16. The Kier molecular flexibility index (Phi) is 5.06. The van der Waals surface area contributed by atoms with E-state index < -0.39 is 10.2 Å². The minimum atomic E-state index is -3.47. The summed E-state index contributed by atoms with van der Waals surface area (Å²) in [7, 11) is -3.47. The van der Waals surface area contributed by atoms with Crippen LogP contribution in [-0.4, -0.2) is 57.2 Å². The molecule has 0 aliphatic carbocycles. The molecule has 0 atom stereocenters. The lowest BCUT2D eigenvalue weighted by Crippen LogP contribution is -2.47. The lowest BCUT2D eigenvalue weighted by atomic mass is 10.2. The molecule has 1 aromatic carbocycles. The molecular weight excluding hydrogens is 318 g/mol. The molecule has 3 rings (SSSR count). The molecular formula is C15H19N3O4S. The number of para-hydroxylation sites is 1. The van der Waals surface area contributed by atoms with Crippen molar-refractivity contribution in [3.8, 4) is 5.75 Å². The van der Waals surface area contributed by atoms with Gasteiger partial charge in [0.05, 0.1) is 13.2 Å². The van der Waals surface area contributed by atoms with Crippen LogP contribution in [0.25, 0.3) is 10.9 Å². The molecule has 23 heavy (non-hydrogen) atoms. The Hall–Kier alpha value is -1.74. The number of hydrogen-bond donors (Lipinski definition) is 1. The molecule has 8 heteroatoms. The van der Waals surface area contributed by atoms with Gasteiger partial charge in [0, 0.05) is 31.2 Å². The topological polar surface area (TPSA) is 80.8 Å². The average molecular weight is 337 g/mol. The molecule has 0 saturated carbocycles. The van der Waals surface area contributed by atoms with Gasteiger partial charge in [0.25, 0.3) is 10.2 Å². The fraction of sp³-hybridized carbons (Fsp3) is 0.400. The van der Waals surface area contributed by atoms with E-state index >= 15 is 0 Å². The summed E-state index contributed by atoms with van der Waals surface area (Å²) in [5.74, 6) is 0.647. The minimum Gasteiger partial charge on any atom is -0.490 e. The number of benzene rings is 1. The van der Waals surface area contributed by atoms with Gasteiger partial charge in [-0.25, -0.2) is 0 Å². The Labute approximate surface area is 135 Å². The maximum absolute atomic E-state index is 12.1. The van der Waals surface area contributed by atoms with Gasteiger partial charge in [-0.3, -0.25) is 4.98 Å². The number of pyridine rings is 1. The minimum absolute atomic E-state index is 0.197. The molecule has 1 saturated heterocycles. The highest BCUT2D eigenvalue weighted by Crippen LogP contribution is 2.22.